The Bertz CT molecular complexity index is 356. The van der Waals surface area contributed by atoms with Crippen LogP contribution in [-0.4, -0.2) is 27.8 Å². The predicted octanol–water partition coefficient (Wildman–Crippen LogP) is 2.13. The molecule has 0 bridgehead atoms. The monoisotopic (exact) mass is 255 g/mol. The van der Waals surface area contributed by atoms with Crippen LogP contribution in [0.3, 0.4) is 0 Å². The van der Waals surface area contributed by atoms with Crippen molar-refractivity contribution in [2.24, 2.45) is 17.8 Å². The number of carboxylic acid groups (broad SMARTS) is 1. The highest BCUT2D eigenvalue weighted by atomic mass is 32.2. The summed E-state index contributed by atoms with van der Waals surface area (Å²) in [5.74, 6) is -0.672. The SMILES string of the molecule is CC1CCC(C(=O)N2C=CSC2)C(C(=O)O)C1. The van der Waals surface area contributed by atoms with E-state index in [1.807, 2.05) is 5.41 Å². The number of hydrogen-bond acceptors (Lipinski definition) is 3. The molecule has 1 aliphatic heterocycles. The van der Waals surface area contributed by atoms with E-state index in [0.29, 0.717) is 24.6 Å². The van der Waals surface area contributed by atoms with Crippen LogP contribution >= 0.6 is 11.8 Å². The lowest BCUT2D eigenvalue weighted by atomic mass is 9.74. The highest BCUT2D eigenvalue weighted by Gasteiger charge is 2.39. The van der Waals surface area contributed by atoms with Crippen LogP contribution in [0.25, 0.3) is 0 Å². The zero-order valence-corrected chi connectivity index (χ0v) is 10.7. The molecule has 3 unspecified atom stereocenters. The Balaban J connectivity index is 2.09. The molecule has 2 rings (SSSR count). The molecule has 17 heavy (non-hydrogen) atoms. The minimum absolute atomic E-state index is 0.0226. The van der Waals surface area contributed by atoms with Gasteiger partial charge in [0.25, 0.3) is 0 Å². The van der Waals surface area contributed by atoms with E-state index in [4.69, 9.17) is 0 Å². The van der Waals surface area contributed by atoms with E-state index in [9.17, 15) is 14.7 Å². The standard InChI is InChI=1S/C12H17NO3S/c1-8-2-3-9(10(6-8)12(15)16)11(14)13-4-5-17-7-13/h4-5,8-10H,2-3,6-7H2,1H3,(H,15,16). The van der Waals surface area contributed by atoms with Crippen LogP contribution in [0.15, 0.2) is 11.6 Å². The second-order valence-electron chi connectivity index (χ2n) is 4.86. The molecular formula is C12H17NO3S. The molecule has 0 aromatic rings. The highest BCUT2D eigenvalue weighted by molar-refractivity contribution is 8.02. The molecule has 4 nitrogen and oxygen atoms in total. The van der Waals surface area contributed by atoms with Gasteiger partial charge in [-0.15, -0.1) is 11.8 Å². The van der Waals surface area contributed by atoms with Crippen molar-refractivity contribution >= 4 is 23.6 Å². The van der Waals surface area contributed by atoms with Crippen LogP contribution in [0.2, 0.25) is 0 Å². The topological polar surface area (TPSA) is 57.6 Å². The summed E-state index contributed by atoms with van der Waals surface area (Å²) in [5.41, 5.74) is 0. The van der Waals surface area contributed by atoms with Gasteiger partial charge in [-0.1, -0.05) is 6.92 Å². The number of thioether (sulfide) groups is 1. The Labute approximate surface area is 105 Å². The average Bonchev–Trinajstić information content (AvgIpc) is 2.81. The first-order valence-corrected chi connectivity index (χ1v) is 6.96. The fraction of sp³-hybridized carbons (Fsp3) is 0.667. The molecule has 2 aliphatic rings. The predicted molar refractivity (Wildman–Crippen MR) is 66.1 cm³/mol. The van der Waals surface area contributed by atoms with Gasteiger partial charge < -0.3 is 10.0 Å². The number of nitrogens with zero attached hydrogens (tertiary/aromatic N) is 1. The number of rotatable bonds is 2. The lowest BCUT2D eigenvalue weighted by molar-refractivity contribution is -0.151. The van der Waals surface area contributed by atoms with Crippen molar-refractivity contribution in [2.45, 2.75) is 26.2 Å². The molecule has 1 saturated carbocycles. The maximum absolute atomic E-state index is 12.2. The number of hydrogen-bond donors (Lipinski definition) is 1. The molecule has 0 aromatic heterocycles. The van der Waals surface area contributed by atoms with Gasteiger partial charge in [0.1, 0.15) is 0 Å². The second-order valence-corrected chi connectivity index (χ2v) is 5.72. The molecule has 0 aromatic carbocycles. The normalized spacial score (nSPS) is 32.8. The summed E-state index contributed by atoms with van der Waals surface area (Å²) in [5, 5.41) is 11.1. The Morgan fingerprint density at radius 3 is 2.71 bits per heavy atom. The first-order valence-electron chi connectivity index (χ1n) is 5.91. The van der Waals surface area contributed by atoms with Crippen molar-refractivity contribution in [2.75, 3.05) is 5.88 Å². The third-order valence-corrected chi connectivity index (χ3v) is 4.32. The quantitative estimate of drug-likeness (QED) is 0.821. The van der Waals surface area contributed by atoms with Gasteiger partial charge in [0.15, 0.2) is 0 Å². The molecule has 1 amide bonds. The maximum atomic E-state index is 12.2. The Morgan fingerprint density at radius 1 is 1.35 bits per heavy atom. The summed E-state index contributed by atoms with van der Waals surface area (Å²) in [6, 6.07) is 0. The fourth-order valence-corrected chi connectivity index (χ4v) is 3.28. The van der Waals surface area contributed by atoms with E-state index in [1.165, 1.54) is 0 Å². The van der Waals surface area contributed by atoms with Crippen molar-refractivity contribution in [1.29, 1.82) is 0 Å². The maximum Gasteiger partial charge on any atom is 0.307 e. The first-order chi connectivity index (χ1) is 8.09. The number of aliphatic carboxylic acids is 1. The molecule has 1 heterocycles. The van der Waals surface area contributed by atoms with Crippen molar-refractivity contribution in [3.05, 3.63) is 11.6 Å². The largest absolute Gasteiger partial charge is 0.481 e. The van der Waals surface area contributed by atoms with Gasteiger partial charge in [0.05, 0.1) is 17.7 Å². The summed E-state index contributed by atoms with van der Waals surface area (Å²) < 4.78 is 0. The molecule has 1 fully saturated rings. The summed E-state index contributed by atoms with van der Waals surface area (Å²) in [6.45, 7) is 2.06. The van der Waals surface area contributed by atoms with Gasteiger partial charge in [0, 0.05) is 6.20 Å². The number of carbonyl (C=O) groups excluding carboxylic acids is 1. The van der Waals surface area contributed by atoms with Crippen molar-refractivity contribution < 1.29 is 14.7 Å². The second kappa shape index (κ2) is 5.12. The molecule has 0 radical (unpaired) electrons. The molecule has 1 aliphatic carbocycles. The summed E-state index contributed by atoms with van der Waals surface area (Å²) in [4.78, 5) is 25.1. The zero-order chi connectivity index (χ0) is 12.4. The van der Waals surface area contributed by atoms with Crippen LogP contribution < -0.4 is 0 Å². The van der Waals surface area contributed by atoms with Crippen LogP contribution in [0.4, 0.5) is 0 Å². The molecule has 5 heteroatoms. The number of carboxylic acids is 1. The molecular weight excluding hydrogens is 238 g/mol. The molecule has 3 atom stereocenters. The van der Waals surface area contributed by atoms with Crippen LogP contribution in [-0.2, 0) is 9.59 Å². The molecule has 1 N–H and O–H groups in total. The van der Waals surface area contributed by atoms with E-state index in [1.54, 1.807) is 22.9 Å². The third-order valence-electron chi connectivity index (χ3n) is 3.58. The van der Waals surface area contributed by atoms with Gasteiger partial charge in [-0.3, -0.25) is 9.59 Å². The number of carbonyl (C=O) groups is 2. The van der Waals surface area contributed by atoms with E-state index < -0.39 is 11.9 Å². The Morgan fingerprint density at radius 2 is 2.12 bits per heavy atom. The third kappa shape index (κ3) is 2.65. The van der Waals surface area contributed by atoms with Gasteiger partial charge in [-0.2, -0.15) is 0 Å². The average molecular weight is 255 g/mol. The van der Waals surface area contributed by atoms with Crippen LogP contribution in [0.5, 0.6) is 0 Å². The fourth-order valence-electron chi connectivity index (χ4n) is 2.58. The van der Waals surface area contributed by atoms with E-state index in [-0.39, 0.29) is 11.8 Å². The van der Waals surface area contributed by atoms with Crippen molar-refractivity contribution in [3.63, 3.8) is 0 Å². The minimum atomic E-state index is -0.828. The highest BCUT2D eigenvalue weighted by Crippen LogP contribution is 2.36. The lowest BCUT2D eigenvalue weighted by Gasteiger charge is -2.33. The molecule has 0 saturated heterocycles. The summed E-state index contributed by atoms with van der Waals surface area (Å²) >= 11 is 1.56. The Kier molecular flexibility index (Phi) is 3.76. The Hall–Kier alpha value is -0.970. The number of amides is 1. The molecule has 94 valence electrons. The van der Waals surface area contributed by atoms with Gasteiger partial charge in [-0.25, -0.2) is 0 Å². The zero-order valence-electron chi connectivity index (χ0n) is 9.83. The molecule has 0 spiro atoms. The van der Waals surface area contributed by atoms with Gasteiger partial charge in [-0.05, 0) is 30.6 Å². The summed E-state index contributed by atoms with van der Waals surface area (Å²) in [6.07, 6.45) is 4.03. The van der Waals surface area contributed by atoms with E-state index in [2.05, 4.69) is 6.92 Å². The first kappa shape index (κ1) is 12.5. The van der Waals surface area contributed by atoms with Crippen molar-refractivity contribution in [1.82, 2.24) is 4.90 Å². The van der Waals surface area contributed by atoms with Gasteiger partial charge >= 0.3 is 5.97 Å². The van der Waals surface area contributed by atoms with Gasteiger partial charge in [0.2, 0.25) is 5.91 Å². The summed E-state index contributed by atoms with van der Waals surface area (Å²) in [7, 11) is 0. The van der Waals surface area contributed by atoms with Crippen molar-refractivity contribution in [3.8, 4) is 0 Å². The van der Waals surface area contributed by atoms with E-state index >= 15 is 0 Å². The smallest absolute Gasteiger partial charge is 0.307 e. The lowest BCUT2D eigenvalue weighted by Crippen LogP contribution is -2.40. The van der Waals surface area contributed by atoms with Crippen LogP contribution in [0, 0.1) is 17.8 Å². The van der Waals surface area contributed by atoms with Crippen LogP contribution in [0.1, 0.15) is 26.2 Å². The minimum Gasteiger partial charge on any atom is -0.481 e. The van der Waals surface area contributed by atoms with E-state index in [0.717, 1.165) is 6.42 Å².